The average molecular weight is 372 g/mol. The lowest BCUT2D eigenvalue weighted by Gasteiger charge is -2.23. The fourth-order valence-corrected chi connectivity index (χ4v) is 3.05. The molecule has 0 aliphatic carbocycles. The van der Waals surface area contributed by atoms with E-state index in [4.69, 9.17) is 9.47 Å². The van der Waals surface area contributed by atoms with Gasteiger partial charge in [-0.05, 0) is 35.6 Å². The molecule has 0 fully saturated rings. The van der Waals surface area contributed by atoms with E-state index >= 15 is 0 Å². The highest BCUT2D eigenvalue weighted by Gasteiger charge is 2.35. The van der Waals surface area contributed by atoms with Crippen molar-refractivity contribution in [3.05, 3.63) is 39.0 Å². The Balaban J connectivity index is 2.57. The number of ketones is 1. The summed E-state index contributed by atoms with van der Waals surface area (Å²) in [6.07, 6.45) is -0.282. The van der Waals surface area contributed by atoms with Crippen LogP contribution in [0.1, 0.15) is 24.2 Å². The highest BCUT2D eigenvalue weighted by atomic mass is 127. The van der Waals surface area contributed by atoms with E-state index in [1.54, 1.807) is 14.0 Å². The van der Waals surface area contributed by atoms with Crippen LogP contribution >= 0.6 is 22.6 Å². The molecule has 0 radical (unpaired) electrons. The van der Waals surface area contributed by atoms with Crippen LogP contribution in [0.15, 0.2) is 27.9 Å². The summed E-state index contributed by atoms with van der Waals surface area (Å²) in [5, 5.41) is 0. The zero-order valence-corrected chi connectivity index (χ0v) is 13.4. The van der Waals surface area contributed by atoms with Crippen molar-refractivity contribution in [3.8, 4) is 5.75 Å². The fraction of sp³-hybridized carbons (Fsp3) is 0.400. The van der Waals surface area contributed by atoms with Crippen LogP contribution < -0.4 is 4.74 Å². The smallest absolute Gasteiger partial charge is 0.140 e. The van der Waals surface area contributed by atoms with Crippen molar-refractivity contribution in [3.63, 3.8) is 0 Å². The summed E-state index contributed by atoms with van der Waals surface area (Å²) in [6, 6.07) is 5.99. The summed E-state index contributed by atoms with van der Waals surface area (Å²) in [4.78, 5) is 12.0. The third-order valence-electron chi connectivity index (χ3n) is 3.40. The van der Waals surface area contributed by atoms with Crippen LogP contribution in [0.5, 0.6) is 5.75 Å². The van der Waals surface area contributed by atoms with Crippen molar-refractivity contribution in [2.45, 2.75) is 20.0 Å². The molecule has 1 aliphatic rings. The van der Waals surface area contributed by atoms with Crippen LogP contribution in [0, 0.1) is 12.8 Å². The zero-order valence-electron chi connectivity index (χ0n) is 11.3. The Morgan fingerprint density at radius 3 is 2.84 bits per heavy atom. The molecule has 2 rings (SSSR count). The first kappa shape index (κ1) is 14.5. The minimum atomic E-state index is -0.282. The molecule has 0 amide bonds. The second-order valence-electron chi connectivity index (χ2n) is 4.76. The van der Waals surface area contributed by atoms with Crippen LogP contribution in [0.4, 0.5) is 0 Å². The number of hydrogen-bond acceptors (Lipinski definition) is 3. The average Bonchev–Trinajstić information content (AvgIpc) is 2.54. The van der Waals surface area contributed by atoms with Gasteiger partial charge < -0.3 is 9.47 Å². The van der Waals surface area contributed by atoms with Gasteiger partial charge in [-0.1, -0.05) is 34.2 Å². The van der Waals surface area contributed by atoms with E-state index in [2.05, 4.69) is 22.6 Å². The first-order chi connectivity index (χ1) is 9.08. The number of rotatable bonds is 2. The Kier molecular flexibility index (Phi) is 4.62. The number of methoxy groups -OCH3 is 1. The number of aryl methyl sites for hydroxylation is 1. The van der Waals surface area contributed by atoms with Gasteiger partial charge in [0.2, 0.25) is 0 Å². The van der Waals surface area contributed by atoms with Crippen molar-refractivity contribution < 1.29 is 14.3 Å². The Bertz CT molecular complexity index is 522. The van der Waals surface area contributed by atoms with Gasteiger partial charge in [0, 0.05) is 12.7 Å². The number of benzene rings is 1. The number of halogens is 1. The normalized spacial score (nSPS) is 24.5. The maximum Gasteiger partial charge on any atom is 0.140 e. The van der Waals surface area contributed by atoms with E-state index in [1.807, 2.05) is 29.2 Å². The van der Waals surface area contributed by atoms with Gasteiger partial charge in [-0.2, -0.15) is 0 Å². The Morgan fingerprint density at radius 1 is 1.53 bits per heavy atom. The molecule has 1 aromatic carbocycles. The Hall–Kier alpha value is -0.880. The number of carbonyl (C=O) groups excluding carboxylic acids is 1. The van der Waals surface area contributed by atoms with Crippen molar-refractivity contribution in [2.75, 3.05) is 13.7 Å². The number of carbonyl (C=O) groups is 1. The first-order valence-electron chi connectivity index (χ1n) is 6.14. The van der Waals surface area contributed by atoms with Crippen LogP contribution in [0.3, 0.4) is 0 Å². The van der Waals surface area contributed by atoms with Gasteiger partial charge in [-0.3, -0.25) is 4.79 Å². The minimum absolute atomic E-state index is 0.104. The first-order valence-corrected chi connectivity index (χ1v) is 7.38. The van der Waals surface area contributed by atoms with E-state index in [0.29, 0.717) is 6.61 Å². The molecular formula is C15H17IO3. The molecule has 0 aromatic heterocycles. The molecule has 0 saturated heterocycles. The summed E-state index contributed by atoms with van der Waals surface area (Å²) in [7, 11) is 1.64. The summed E-state index contributed by atoms with van der Waals surface area (Å²) >= 11 is 2.16. The summed E-state index contributed by atoms with van der Waals surface area (Å²) in [5.41, 5.74) is 3.05. The topological polar surface area (TPSA) is 35.5 Å². The molecule has 2 atom stereocenters. The Morgan fingerprint density at radius 2 is 2.26 bits per heavy atom. The predicted molar refractivity (Wildman–Crippen MR) is 82.7 cm³/mol. The van der Waals surface area contributed by atoms with Gasteiger partial charge in [0.05, 0.1) is 12.0 Å². The minimum Gasteiger partial charge on any atom is -0.489 e. The third-order valence-corrected chi connectivity index (χ3v) is 4.20. The molecule has 1 aliphatic heterocycles. The monoisotopic (exact) mass is 372 g/mol. The molecule has 2 unspecified atom stereocenters. The second kappa shape index (κ2) is 6.05. The SMILES string of the molecule is COC1c2cc(C)ccc2OC/C(=C\I)C1C(C)=O. The molecule has 3 nitrogen and oxygen atoms in total. The number of ether oxygens (including phenoxy) is 2. The van der Waals surface area contributed by atoms with E-state index < -0.39 is 0 Å². The van der Waals surface area contributed by atoms with E-state index in [1.165, 1.54) is 0 Å². The molecule has 1 heterocycles. The molecule has 0 bridgehead atoms. The lowest BCUT2D eigenvalue weighted by Crippen LogP contribution is -2.24. The lowest BCUT2D eigenvalue weighted by atomic mass is 9.87. The van der Waals surface area contributed by atoms with E-state index in [0.717, 1.165) is 22.4 Å². The maximum atomic E-state index is 12.0. The van der Waals surface area contributed by atoms with Gasteiger partial charge >= 0.3 is 0 Å². The number of fused-ring (bicyclic) bond motifs is 1. The quantitative estimate of drug-likeness (QED) is 0.745. The van der Waals surface area contributed by atoms with Gasteiger partial charge in [0.1, 0.15) is 18.1 Å². The summed E-state index contributed by atoms with van der Waals surface area (Å²) in [5.74, 6) is 0.634. The predicted octanol–water partition coefficient (Wildman–Crippen LogP) is 3.60. The zero-order chi connectivity index (χ0) is 14.0. The van der Waals surface area contributed by atoms with Crippen LogP contribution in [0.25, 0.3) is 0 Å². The lowest BCUT2D eigenvalue weighted by molar-refractivity contribution is -0.123. The van der Waals surface area contributed by atoms with Gasteiger partial charge in [0.15, 0.2) is 0 Å². The highest BCUT2D eigenvalue weighted by molar-refractivity contribution is 14.1. The molecule has 4 heteroatoms. The molecule has 19 heavy (non-hydrogen) atoms. The van der Waals surface area contributed by atoms with Crippen molar-refractivity contribution in [1.82, 2.24) is 0 Å². The standard InChI is InChI=1S/C15H17IO3/c1-9-4-5-13-12(6-9)15(18-3)14(10(2)17)11(7-16)8-19-13/h4-7,14-15H,8H2,1-3H3/b11-7+. The Labute approximate surface area is 127 Å². The molecule has 0 spiro atoms. The second-order valence-corrected chi connectivity index (χ2v) is 5.38. The van der Waals surface area contributed by atoms with E-state index in [9.17, 15) is 4.79 Å². The largest absolute Gasteiger partial charge is 0.489 e. The van der Waals surface area contributed by atoms with Crippen molar-refractivity contribution in [2.24, 2.45) is 5.92 Å². The van der Waals surface area contributed by atoms with Crippen LogP contribution in [-0.4, -0.2) is 19.5 Å². The molecule has 102 valence electrons. The molecule has 0 N–H and O–H groups in total. The summed E-state index contributed by atoms with van der Waals surface area (Å²) < 4.78 is 13.4. The van der Waals surface area contributed by atoms with Gasteiger partial charge in [-0.25, -0.2) is 0 Å². The van der Waals surface area contributed by atoms with E-state index in [-0.39, 0.29) is 17.8 Å². The van der Waals surface area contributed by atoms with Gasteiger partial charge in [0.25, 0.3) is 0 Å². The third kappa shape index (κ3) is 2.84. The summed E-state index contributed by atoms with van der Waals surface area (Å²) in [6.45, 7) is 4.07. The van der Waals surface area contributed by atoms with Crippen LogP contribution in [-0.2, 0) is 9.53 Å². The van der Waals surface area contributed by atoms with Gasteiger partial charge in [-0.15, -0.1) is 0 Å². The number of Topliss-reactive ketones (excluding diaryl/α,β-unsaturated/α-hetero) is 1. The maximum absolute atomic E-state index is 12.0. The fourth-order valence-electron chi connectivity index (χ4n) is 2.48. The molecule has 0 saturated carbocycles. The van der Waals surface area contributed by atoms with Crippen molar-refractivity contribution in [1.29, 1.82) is 0 Å². The number of hydrogen-bond donors (Lipinski definition) is 0. The van der Waals surface area contributed by atoms with Crippen molar-refractivity contribution >= 4 is 28.4 Å². The van der Waals surface area contributed by atoms with Crippen LogP contribution in [0.2, 0.25) is 0 Å². The highest BCUT2D eigenvalue weighted by Crippen LogP contribution is 2.40. The molecular weight excluding hydrogens is 355 g/mol. The molecule has 1 aromatic rings.